The molecule has 4 aromatic rings. The van der Waals surface area contributed by atoms with Crippen LogP contribution in [0.2, 0.25) is 0 Å². The lowest BCUT2D eigenvalue weighted by atomic mass is 10.3. The Morgan fingerprint density at radius 1 is 0.688 bits per heavy atom. The van der Waals surface area contributed by atoms with E-state index in [1.54, 1.807) is 0 Å². The molecule has 0 atom stereocenters. The van der Waals surface area contributed by atoms with Crippen molar-refractivity contribution in [2.24, 2.45) is 0 Å². The van der Waals surface area contributed by atoms with E-state index in [1.807, 2.05) is 95.8 Å². The predicted octanol–water partition coefficient (Wildman–Crippen LogP) is 4.38. The summed E-state index contributed by atoms with van der Waals surface area (Å²) < 4.78 is 27.3. The highest BCUT2D eigenvalue weighted by Crippen LogP contribution is 2.28. The van der Waals surface area contributed by atoms with Crippen molar-refractivity contribution in [2.75, 3.05) is 18.9 Å². The van der Waals surface area contributed by atoms with Crippen LogP contribution in [0.4, 0.5) is 5.95 Å². The molecule has 7 nitrogen and oxygen atoms in total. The number of imidazole rings is 1. The maximum Gasteiger partial charge on any atom is 0.361 e. The van der Waals surface area contributed by atoms with Crippen molar-refractivity contribution < 1.29 is 23.5 Å². The van der Waals surface area contributed by atoms with Crippen molar-refractivity contribution in [3.05, 3.63) is 72.8 Å². The lowest BCUT2D eigenvalue weighted by Gasteiger charge is -2.12. The number of para-hydroxylation sites is 6. The molecule has 0 saturated heterocycles. The van der Waals surface area contributed by atoms with Gasteiger partial charge < -0.3 is 18.9 Å². The van der Waals surface area contributed by atoms with Gasteiger partial charge in [0.25, 0.3) is 0 Å². The van der Waals surface area contributed by atoms with Gasteiger partial charge in [0.1, 0.15) is 11.0 Å². The van der Waals surface area contributed by atoms with E-state index in [4.69, 9.17) is 24.7 Å². The summed E-state index contributed by atoms with van der Waals surface area (Å²) >= 11 is 0. The zero-order chi connectivity index (χ0) is 22.3. The summed E-state index contributed by atoms with van der Waals surface area (Å²) in [5.74, 6) is 3.26. The number of benzene rings is 3. The molecule has 0 bridgehead atoms. The standard InChI is InChI=1S/C25H27N3O4/c1-3-29-21-13-7-9-15-23(21)31-17-27-19-11-5-6-12-20(19)28(25(27)26)18-32-24-16-10-8-14-22(24)30-4-2/h5-16,26H,3-4,17-18H2,1-2H3/p+1. The van der Waals surface area contributed by atoms with Crippen molar-refractivity contribution in [1.29, 1.82) is 0 Å². The van der Waals surface area contributed by atoms with E-state index in [0.29, 0.717) is 42.2 Å². The van der Waals surface area contributed by atoms with Gasteiger partial charge in [0.2, 0.25) is 13.5 Å². The largest absolute Gasteiger partial charge is 0.490 e. The number of aromatic nitrogens is 2. The number of nitrogens with zero attached hydrogens (tertiary/aromatic N) is 2. The van der Waals surface area contributed by atoms with E-state index in [0.717, 1.165) is 11.0 Å². The first-order chi connectivity index (χ1) is 15.7. The van der Waals surface area contributed by atoms with Crippen LogP contribution in [0, 0.1) is 0 Å². The van der Waals surface area contributed by atoms with E-state index in [-0.39, 0.29) is 13.5 Å². The average molecular weight is 435 g/mol. The van der Waals surface area contributed by atoms with Gasteiger partial charge >= 0.3 is 5.95 Å². The maximum absolute atomic E-state index is 6.54. The first-order valence-corrected chi connectivity index (χ1v) is 10.7. The molecule has 7 heteroatoms. The normalized spacial score (nSPS) is 10.8. The fraction of sp³-hybridized carbons (Fsp3) is 0.240. The third-order valence-electron chi connectivity index (χ3n) is 5.01. The molecule has 0 spiro atoms. The molecule has 3 aromatic carbocycles. The van der Waals surface area contributed by atoms with Crippen molar-refractivity contribution in [2.45, 2.75) is 27.3 Å². The van der Waals surface area contributed by atoms with Crippen LogP contribution in [0.15, 0.2) is 72.8 Å². The van der Waals surface area contributed by atoms with Gasteiger partial charge in [-0.05, 0) is 50.2 Å². The molecule has 0 aliphatic rings. The Hall–Kier alpha value is -3.87. The van der Waals surface area contributed by atoms with E-state index in [1.165, 1.54) is 0 Å². The monoisotopic (exact) mass is 434 g/mol. The Labute approximate surface area is 187 Å². The molecule has 1 heterocycles. The molecule has 166 valence electrons. The van der Waals surface area contributed by atoms with Crippen LogP contribution in [-0.2, 0) is 13.5 Å². The molecule has 2 N–H and O–H groups in total. The van der Waals surface area contributed by atoms with Gasteiger partial charge in [-0.15, -0.1) is 0 Å². The highest BCUT2D eigenvalue weighted by atomic mass is 16.5. The molecule has 1 aromatic heterocycles. The van der Waals surface area contributed by atoms with Crippen LogP contribution in [0.25, 0.3) is 11.0 Å². The molecular weight excluding hydrogens is 406 g/mol. The zero-order valence-electron chi connectivity index (χ0n) is 18.4. The van der Waals surface area contributed by atoms with Crippen LogP contribution >= 0.6 is 0 Å². The average Bonchev–Trinajstić information content (AvgIpc) is 3.09. The fourth-order valence-electron chi connectivity index (χ4n) is 3.54. The summed E-state index contributed by atoms with van der Waals surface area (Å²) in [7, 11) is 0. The summed E-state index contributed by atoms with van der Waals surface area (Å²) in [5.41, 5.74) is 8.43. The van der Waals surface area contributed by atoms with E-state index in [2.05, 4.69) is 0 Å². The molecule has 4 rings (SSSR count). The molecule has 0 aliphatic carbocycles. The van der Waals surface area contributed by atoms with Crippen LogP contribution < -0.4 is 29.2 Å². The molecule has 0 saturated carbocycles. The zero-order valence-corrected chi connectivity index (χ0v) is 18.4. The summed E-state index contributed by atoms with van der Waals surface area (Å²) in [4.78, 5) is 0. The highest BCUT2D eigenvalue weighted by molar-refractivity contribution is 5.73. The van der Waals surface area contributed by atoms with Gasteiger partial charge in [-0.2, -0.15) is 9.13 Å². The minimum Gasteiger partial charge on any atom is -0.490 e. The van der Waals surface area contributed by atoms with Crippen LogP contribution in [0.5, 0.6) is 23.0 Å². The number of hydrogen-bond donors (Lipinski definition) is 1. The Balaban J connectivity index is 1.60. The number of anilines is 1. The van der Waals surface area contributed by atoms with Crippen LogP contribution in [0.3, 0.4) is 0 Å². The summed E-state index contributed by atoms with van der Waals surface area (Å²) in [6.07, 6.45) is 0. The molecule has 0 radical (unpaired) electrons. The molecular formula is C25H28N3O4+. The Bertz CT molecular complexity index is 1100. The van der Waals surface area contributed by atoms with E-state index >= 15 is 0 Å². The van der Waals surface area contributed by atoms with E-state index < -0.39 is 0 Å². The SMILES string of the molecule is CCOc1ccccc1OCn1c(N)[n+](COc2ccccc2OCC)c2ccccc21. The second-order valence-corrected chi connectivity index (χ2v) is 7.01. The first-order valence-electron chi connectivity index (χ1n) is 10.7. The number of hydrogen-bond acceptors (Lipinski definition) is 5. The minimum absolute atomic E-state index is 0.235. The van der Waals surface area contributed by atoms with Crippen molar-refractivity contribution in [1.82, 2.24) is 4.57 Å². The van der Waals surface area contributed by atoms with Crippen molar-refractivity contribution in [3.63, 3.8) is 0 Å². The van der Waals surface area contributed by atoms with Gasteiger partial charge in [-0.3, -0.25) is 5.73 Å². The third-order valence-corrected chi connectivity index (χ3v) is 5.01. The molecule has 0 amide bonds. The highest BCUT2D eigenvalue weighted by Gasteiger charge is 2.22. The minimum atomic E-state index is 0.235. The number of rotatable bonds is 10. The fourth-order valence-corrected chi connectivity index (χ4v) is 3.54. The molecule has 0 unspecified atom stereocenters. The summed E-state index contributed by atoms with van der Waals surface area (Å²) in [5, 5.41) is 0. The number of nitrogen functional groups attached to an aromatic ring is 1. The summed E-state index contributed by atoms with van der Waals surface area (Å²) in [6, 6.07) is 23.2. The Morgan fingerprint density at radius 3 is 1.78 bits per heavy atom. The lowest BCUT2D eigenvalue weighted by molar-refractivity contribution is -0.687. The van der Waals surface area contributed by atoms with Crippen LogP contribution in [-0.4, -0.2) is 17.8 Å². The second kappa shape index (κ2) is 9.96. The predicted molar refractivity (Wildman–Crippen MR) is 123 cm³/mol. The Kier molecular flexibility index (Phi) is 6.65. The summed E-state index contributed by atoms with van der Waals surface area (Å²) in [6.45, 7) is 5.49. The number of ether oxygens (including phenoxy) is 4. The third kappa shape index (κ3) is 4.42. The topological polar surface area (TPSA) is 71.8 Å². The van der Waals surface area contributed by atoms with Gasteiger partial charge in [-0.25, -0.2) is 0 Å². The smallest absolute Gasteiger partial charge is 0.361 e. The second-order valence-electron chi connectivity index (χ2n) is 7.01. The van der Waals surface area contributed by atoms with Crippen LogP contribution in [0.1, 0.15) is 13.8 Å². The number of fused-ring (bicyclic) bond motifs is 1. The maximum atomic E-state index is 6.54. The van der Waals surface area contributed by atoms with E-state index in [9.17, 15) is 0 Å². The molecule has 32 heavy (non-hydrogen) atoms. The molecule has 0 fully saturated rings. The lowest BCUT2D eigenvalue weighted by Crippen LogP contribution is -2.39. The van der Waals surface area contributed by atoms with Gasteiger partial charge in [0, 0.05) is 0 Å². The number of nitrogens with two attached hydrogens (primary N) is 1. The quantitative estimate of drug-likeness (QED) is 0.375. The molecule has 0 aliphatic heterocycles. The van der Waals surface area contributed by atoms with Gasteiger partial charge in [0.05, 0.1) is 13.2 Å². The Morgan fingerprint density at radius 2 is 1.19 bits per heavy atom. The van der Waals surface area contributed by atoms with Gasteiger partial charge in [-0.1, -0.05) is 36.4 Å². The first kappa shape index (κ1) is 21.4. The van der Waals surface area contributed by atoms with Gasteiger partial charge in [0.15, 0.2) is 23.0 Å². The van der Waals surface area contributed by atoms with Crippen molar-refractivity contribution >= 4 is 17.0 Å². The van der Waals surface area contributed by atoms with Crippen molar-refractivity contribution in [3.8, 4) is 23.0 Å².